The molecule has 0 saturated carbocycles. The third-order valence-corrected chi connectivity index (χ3v) is 3.45. The van der Waals surface area contributed by atoms with Crippen LogP contribution in [0.3, 0.4) is 0 Å². The van der Waals surface area contributed by atoms with Gasteiger partial charge in [-0.1, -0.05) is 36.7 Å². The van der Waals surface area contributed by atoms with Crippen LogP contribution in [0.4, 0.5) is 0 Å². The molecule has 3 nitrogen and oxygen atoms in total. The van der Waals surface area contributed by atoms with Gasteiger partial charge in [0, 0.05) is 24.7 Å². The third kappa shape index (κ3) is 3.11. The number of amides is 1. The maximum atomic E-state index is 12.1. The van der Waals surface area contributed by atoms with Crippen molar-refractivity contribution >= 4 is 17.9 Å². The van der Waals surface area contributed by atoms with Gasteiger partial charge in [0.15, 0.2) is 0 Å². The Morgan fingerprint density at radius 3 is 2.94 bits per heavy atom. The molecule has 2 rings (SSSR count). The summed E-state index contributed by atoms with van der Waals surface area (Å²) in [5.41, 5.74) is 0.768. The topological polar surface area (TPSA) is 32.3 Å². The molecule has 1 N–H and O–H groups in total. The van der Waals surface area contributed by atoms with Crippen LogP contribution in [-0.2, 0) is 0 Å². The summed E-state index contributed by atoms with van der Waals surface area (Å²) in [6, 6.07) is 9.81. The van der Waals surface area contributed by atoms with Gasteiger partial charge in [0.1, 0.15) is 0 Å². The molecule has 0 spiro atoms. The molecular formula is C13H16N2OS. The van der Waals surface area contributed by atoms with E-state index >= 15 is 0 Å². The Morgan fingerprint density at radius 2 is 2.24 bits per heavy atom. The minimum Gasteiger partial charge on any atom is -0.337 e. The van der Waals surface area contributed by atoms with Crippen LogP contribution < -0.4 is 4.72 Å². The zero-order chi connectivity index (χ0) is 12.1. The lowest BCUT2D eigenvalue weighted by Gasteiger charge is -2.16. The van der Waals surface area contributed by atoms with Crippen molar-refractivity contribution in [2.45, 2.75) is 12.5 Å². The van der Waals surface area contributed by atoms with Gasteiger partial charge >= 0.3 is 0 Å². The first-order valence-corrected chi connectivity index (χ1v) is 6.55. The predicted octanol–water partition coefficient (Wildman–Crippen LogP) is 2.28. The Morgan fingerprint density at radius 1 is 1.47 bits per heavy atom. The van der Waals surface area contributed by atoms with Gasteiger partial charge < -0.3 is 4.90 Å². The summed E-state index contributed by atoms with van der Waals surface area (Å²) in [5.74, 6) is 0.124. The number of rotatable bonds is 4. The maximum absolute atomic E-state index is 12.1. The quantitative estimate of drug-likeness (QED) is 0.830. The molecule has 1 aromatic rings. The van der Waals surface area contributed by atoms with Crippen molar-refractivity contribution in [1.82, 2.24) is 9.62 Å². The summed E-state index contributed by atoms with van der Waals surface area (Å²) < 4.78 is 3.27. The van der Waals surface area contributed by atoms with Gasteiger partial charge in [-0.2, -0.15) is 0 Å². The first-order valence-electron chi connectivity index (χ1n) is 5.67. The van der Waals surface area contributed by atoms with E-state index < -0.39 is 0 Å². The van der Waals surface area contributed by atoms with E-state index in [2.05, 4.69) is 11.3 Å². The van der Waals surface area contributed by atoms with Crippen LogP contribution in [0.1, 0.15) is 16.8 Å². The second-order valence-electron chi connectivity index (χ2n) is 4.01. The number of carbonyl (C=O) groups excluding carboxylic acids is 1. The average molecular weight is 248 g/mol. The Labute approximate surface area is 106 Å². The number of hydrogen-bond donors (Lipinski definition) is 1. The van der Waals surface area contributed by atoms with Gasteiger partial charge in [-0.15, -0.1) is 0 Å². The minimum absolute atomic E-state index is 0.124. The summed E-state index contributed by atoms with van der Waals surface area (Å²) in [6.07, 6.45) is 0.999. The first kappa shape index (κ1) is 12.2. The molecule has 0 bridgehead atoms. The van der Waals surface area contributed by atoms with E-state index in [1.807, 2.05) is 35.2 Å². The van der Waals surface area contributed by atoms with Crippen LogP contribution in [0.2, 0.25) is 0 Å². The van der Waals surface area contributed by atoms with Crippen molar-refractivity contribution in [3.63, 3.8) is 0 Å². The fourth-order valence-corrected chi connectivity index (χ4v) is 2.43. The van der Waals surface area contributed by atoms with Crippen LogP contribution in [-0.4, -0.2) is 29.9 Å². The molecule has 1 aliphatic heterocycles. The van der Waals surface area contributed by atoms with Crippen molar-refractivity contribution in [2.75, 3.05) is 13.1 Å². The van der Waals surface area contributed by atoms with Crippen LogP contribution in [0.15, 0.2) is 42.3 Å². The normalized spacial score (nSPS) is 19.3. The number of carbonyl (C=O) groups is 1. The molecule has 1 unspecified atom stereocenters. The van der Waals surface area contributed by atoms with Gasteiger partial charge in [0.05, 0.1) is 0 Å². The third-order valence-electron chi connectivity index (χ3n) is 2.81. The summed E-state index contributed by atoms with van der Waals surface area (Å²) in [7, 11) is 0. The van der Waals surface area contributed by atoms with Crippen LogP contribution >= 0.6 is 11.9 Å². The molecule has 1 heterocycles. The highest BCUT2D eigenvalue weighted by molar-refractivity contribution is 8.00. The second kappa shape index (κ2) is 5.89. The molecule has 0 aliphatic carbocycles. The first-order chi connectivity index (χ1) is 8.31. The van der Waals surface area contributed by atoms with E-state index in [4.69, 9.17) is 0 Å². The molecule has 1 amide bonds. The van der Waals surface area contributed by atoms with Crippen molar-refractivity contribution in [2.24, 2.45) is 0 Å². The number of nitrogens with zero attached hydrogens (tertiary/aromatic N) is 1. The van der Waals surface area contributed by atoms with E-state index in [1.54, 1.807) is 5.41 Å². The number of likely N-dealkylation sites (tertiary alicyclic amines) is 1. The zero-order valence-corrected chi connectivity index (χ0v) is 10.5. The number of nitrogens with one attached hydrogen (secondary N) is 1. The Kier molecular flexibility index (Phi) is 4.23. The van der Waals surface area contributed by atoms with Crippen molar-refractivity contribution < 1.29 is 4.79 Å². The van der Waals surface area contributed by atoms with Gasteiger partial charge in [-0.3, -0.25) is 9.52 Å². The van der Waals surface area contributed by atoms with E-state index in [0.717, 1.165) is 25.1 Å². The number of hydrogen-bond acceptors (Lipinski definition) is 3. The van der Waals surface area contributed by atoms with E-state index in [-0.39, 0.29) is 5.91 Å². The van der Waals surface area contributed by atoms with Gasteiger partial charge in [-0.05, 0) is 24.0 Å². The molecule has 1 aromatic carbocycles. The van der Waals surface area contributed by atoms with E-state index in [0.29, 0.717) is 6.04 Å². The predicted molar refractivity (Wildman–Crippen MR) is 71.7 cm³/mol. The lowest BCUT2D eigenvalue weighted by molar-refractivity contribution is 0.0790. The van der Waals surface area contributed by atoms with Crippen molar-refractivity contribution in [1.29, 1.82) is 0 Å². The molecule has 17 heavy (non-hydrogen) atoms. The van der Waals surface area contributed by atoms with E-state index in [1.165, 1.54) is 11.9 Å². The Hall–Kier alpha value is -1.26. The summed E-state index contributed by atoms with van der Waals surface area (Å²) in [6.45, 7) is 5.24. The van der Waals surface area contributed by atoms with Crippen molar-refractivity contribution in [3.05, 3.63) is 47.9 Å². The summed E-state index contributed by atoms with van der Waals surface area (Å²) in [5, 5.41) is 1.77. The molecule has 1 aliphatic rings. The summed E-state index contributed by atoms with van der Waals surface area (Å²) >= 11 is 1.49. The zero-order valence-electron chi connectivity index (χ0n) is 9.63. The van der Waals surface area contributed by atoms with Crippen LogP contribution in [0.25, 0.3) is 0 Å². The largest absolute Gasteiger partial charge is 0.337 e. The van der Waals surface area contributed by atoms with E-state index in [9.17, 15) is 4.79 Å². The fraction of sp³-hybridized carbons (Fsp3) is 0.308. The molecule has 0 aromatic heterocycles. The van der Waals surface area contributed by atoms with Crippen LogP contribution in [0.5, 0.6) is 0 Å². The summed E-state index contributed by atoms with van der Waals surface area (Å²) in [4.78, 5) is 14.0. The molecule has 1 atom stereocenters. The smallest absolute Gasteiger partial charge is 0.253 e. The fourth-order valence-electron chi connectivity index (χ4n) is 1.95. The Bertz CT molecular complexity index is 394. The standard InChI is InChI=1S/C13H16N2OS/c1-2-17-14-12-8-9-15(10-12)13(16)11-6-4-3-5-7-11/h2-7,12,14H,1,8-10H2. The Balaban J connectivity index is 1.92. The SMILES string of the molecule is C=CSNC1CCN(C(=O)c2ccccc2)C1. The van der Waals surface area contributed by atoms with Gasteiger partial charge in [0.25, 0.3) is 5.91 Å². The molecule has 90 valence electrons. The lowest BCUT2D eigenvalue weighted by Crippen LogP contribution is -2.32. The molecular weight excluding hydrogens is 232 g/mol. The monoisotopic (exact) mass is 248 g/mol. The minimum atomic E-state index is 0.124. The average Bonchev–Trinajstić information content (AvgIpc) is 2.85. The molecule has 4 heteroatoms. The highest BCUT2D eigenvalue weighted by Gasteiger charge is 2.26. The van der Waals surface area contributed by atoms with Crippen molar-refractivity contribution in [3.8, 4) is 0 Å². The highest BCUT2D eigenvalue weighted by atomic mass is 32.2. The molecule has 0 radical (unpaired) electrons. The number of benzene rings is 1. The lowest BCUT2D eigenvalue weighted by atomic mass is 10.2. The highest BCUT2D eigenvalue weighted by Crippen LogP contribution is 2.15. The maximum Gasteiger partial charge on any atom is 0.253 e. The second-order valence-corrected chi connectivity index (χ2v) is 4.81. The van der Waals surface area contributed by atoms with Gasteiger partial charge in [0.2, 0.25) is 0 Å². The molecule has 1 fully saturated rings. The molecule has 1 saturated heterocycles. The van der Waals surface area contributed by atoms with Crippen LogP contribution in [0, 0.1) is 0 Å². The van der Waals surface area contributed by atoms with Gasteiger partial charge in [-0.25, -0.2) is 0 Å².